The lowest BCUT2D eigenvalue weighted by atomic mass is 10.1. The van der Waals surface area contributed by atoms with Crippen molar-refractivity contribution in [1.82, 2.24) is 25.5 Å². The summed E-state index contributed by atoms with van der Waals surface area (Å²) in [5, 5.41) is 10.7. The molecule has 2 amide bonds. The molecule has 9 nitrogen and oxygen atoms in total. The Labute approximate surface area is 211 Å². The van der Waals surface area contributed by atoms with Crippen LogP contribution in [0.25, 0.3) is 10.9 Å². The molecular weight excluding hydrogens is 460 g/mol. The van der Waals surface area contributed by atoms with Gasteiger partial charge in [-0.3, -0.25) is 0 Å². The number of anilines is 3. The zero-order valence-corrected chi connectivity index (χ0v) is 21.0. The number of nitrogens with two attached hydrogens (primary N) is 1. The van der Waals surface area contributed by atoms with Gasteiger partial charge in [0.2, 0.25) is 5.95 Å². The first-order valence-corrected chi connectivity index (χ1v) is 12.4. The summed E-state index contributed by atoms with van der Waals surface area (Å²) in [4.78, 5) is 25.6. The van der Waals surface area contributed by atoms with E-state index in [1.165, 1.54) is 5.56 Å². The van der Waals surface area contributed by atoms with Gasteiger partial charge in [-0.15, -0.1) is 0 Å². The van der Waals surface area contributed by atoms with Crippen molar-refractivity contribution in [1.29, 1.82) is 0 Å². The molecular formula is C25H32N8OS. The van der Waals surface area contributed by atoms with Gasteiger partial charge in [0.1, 0.15) is 5.82 Å². The highest BCUT2D eigenvalue weighted by molar-refractivity contribution is 7.80. The van der Waals surface area contributed by atoms with Crippen LogP contribution in [0.1, 0.15) is 25.0 Å². The molecule has 2 heterocycles. The standard InChI is InChI=1S/C25H32N8OS/c1-3-18-14-21-19(15-20(18)30-24(34)27-4-2)22(31-23(26)29-21)32-10-12-33(13-11-32)25(35)28-16-17-8-6-5-7-9-17/h5-9,14-15H,3-4,10-13,16H2,1-2H3,(H,28,35)(H2,26,29,31)(H2,27,30,34). The van der Waals surface area contributed by atoms with E-state index in [0.717, 1.165) is 65.7 Å². The number of carbonyl (C=O) groups excluding carboxylic acids is 1. The van der Waals surface area contributed by atoms with Crippen molar-refractivity contribution < 1.29 is 4.79 Å². The SMILES string of the molecule is CCNC(=O)Nc1cc2c(N3CCN(C(=S)NCc4ccccc4)CC3)nc(N)nc2cc1CC. The number of benzene rings is 2. The van der Waals surface area contributed by atoms with Gasteiger partial charge >= 0.3 is 6.03 Å². The van der Waals surface area contributed by atoms with Crippen molar-refractivity contribution in [2.45, 2.75) is 26.8 Å². The highest BCUT2D eigenvalue weighted by Crippen LogP contribution is 2.31. The molecule has 1 aromatic heterocycles. The fraction of sp³-hybridized carbons (Fsp3) is 0.360. The molecule has 35 heavy (non-hydrogen) atoms. The van der Waals surface area contributed by atoms with Gasteiger partial charge in [0.05, 0.1) is 5.52 Å². The van der Waals surface area contributed by atoms with Crippen molar-refractivity contribution in [3.05, 3.63) is 53.6 Å². The zero-order valence-electron chi connectivity index (χ0n) is 20.2. The average Bonchev–Trinajstić information content (AvgIpc) is 2.87. The summed E-state index contributed by atoms with van der Waals surface area (Å²) in [7, 11) is 0. The second kappa shape index (κ2) is 11.2. The Morgan fingerprint density at radius 2 is 1.80 bits per heavy atom. The first kappa shape index (κ1) is 24.5. The van der Waals surface area contributed by atoms with Crippen molar-refractivity contribution in [2.75, 3.05) is 48.7 Å². The molecule has 0 spiro atoms. The molecule has 0 unspecified atom stereocenters. The summed E-state index contributed by atoms with van der Waals surface area (Å²) in [5.41, 5.74) is 9.80. The normalized spacial score (nSPS) is 13.5. The van der Waals surface area contributed by atoms with Crippen LogP contribution in [-0.2, 0) is 13.0 Å². The van der Waals surface area contributed by atoms with Crippen LogP contribution in [0, 0.1) is 0 Å². The van der Waals surface area contributed by atoms with Crippen LogP contribution in [0.15, 0.2) is 42.5 Å². The number of hydrogen-bond donors (Lipinski definition) is 4. The molecule has 184 valence electrons. The van der Waals surface area contributed by atoms with Crippen molar-refractivity contribution in [2.24, 2.45) is 0 Å². The summed E-state index contributed by atoms with van der Waals surface area (Å²) in [6.45, 7) is 8.21. The van der Waals surface area contributed by atoms with Gasteiger partial charge in [0.15, 0.2) is 5.11 Å². The van der Waals surface area contributed by atoms with Crippen molar-refractivity contribution >= 4 is 51.7 Å². The number of thiocarbonyl (C=S) groups is 1. The lowest BCUT2D eigenvalue weighted by molar-refractivity contribution is 0.252. The van der Waals surface area contributed by atoms with E-state index >= 15 is 0 Å². The first-order valence-electron chi connectivity index (χ1n) is 11.9. The second-order valence-electron chi connectivity index (χ2n) is 8.39. The summed E-state index contributed by atoms with van der Waals surface area (Å²) in [6, 6.07) is 13.9. The molecule has 0 bridgehead atoms. The van der Waals surface area contributed by atoms with Crippen LogP contribution in [-0.4, -0.2) is 58.7 Å². The molecule has 1 aliphatic rings. The monoisotopic (exact) mass is 492 g/mol. The Morgan fingerprint density at radius 3 is 2.49 bits per heavy atom. The Kier molecular flexibility index (Phi) is 7.81. The number of aromatic nitrogens is 2. The number of rotatable bonds is 6. The molecule has 1 saturated heterocycles. The minimum atomic E-state index is -0.232. The molecule has 1 aliphatic heterocycles. The number of piperazine rings is 1. The largest absolute Gasteiger partial charge is 0.368 e. The number of carbonyl (C=O) groups is 1. The van der Waals surface area contributed by atoms with E-state index in [-0.39, 0.29) is 12.0 Å². The minimum Gasteiger partial charge on any atom is -0.368 e. The molecule has 0 saturated carbocycles. The predicted molar refractivity (Wildman–Crippen MR) is 146 cm³/mol. The number of amides is 2. The molecule has 0 radical (unpaired) electrons. The van der Waals surface area contributed by atoms with Gasteiger partial charge in [-0.2, -0.15) is 4.98 Å². The third kappa shape index (κ3) is 5.89. The Hall–Kier alpha value is -3.66. The number of urea groups is 1. The maximum absolute atomic E-state index is 12.2. The van der Waals surface area contributed by atoms with Gasteiger partial charge in [0, 0.05) is 50.3 Å². The summed E-state index contributed by atoms with van der Waals surface area (Å²) < 4.78 is 0. The molecule has 2 aromatic carbocycles. The highest BCUT2D eigenvalue weighted by atomic mass is 32.1. The van der Waals surface area contributed by atoms with Gasteiger partial charge in [-0.25, -0.2) is 9.78 Å². The van der Waals surface area contributed by atoms with E-state index in [9.17, 15) is 4.79 Å². The van der Waals surface area contributed by atoms with E-state index in [0.29, 0.717) is 13.1 Å². The van der Waals surface area contributed by atoms with Crippen molar-refractivity contribution in [3.63, 3.8) is 0 Å². The van der Waals surface area contributed by atoms with Crippen LogP contribution >= 0.6 is 12.2 Å². The number of nitrogen functional groups attached to an aromatic ring is 1. The van der Waals surface area contributed by atoms with Crippen LogP contribution < -0.4 is 26.6 Å². The third-order valence-electron chi connectivity index (χ3n) is 6.04. The van der Waals surface area contributed by atoms with Crippen LogP contribution in [0.3, 0.4) is 0 Å². The maximum atomic E-state index is 12.2. The summed E-state index contributed by atoms with van der Waals surface area (Å²) in [5.74, 6) is 1.01. The van der Waals surface area contributed by atoms with Crippen molar-refractivity contribution in [3.8, 4) is 0 Å². The smallest absolute Gasteiger partial charge is 0.319 e. The fourth-order valence-corrected chi connectivity index (χ4v) is 4.46. The van der Waals surface area contributed by atoms with Crippen LogP contribution in [0.4, 0.5) is 22.2 Å². The lowest BCUT2D eigenvalue weighted by Gasteiger charge is -2.37. The number of nitrogens with zero attached hydrogens (tertiary/aromatic N) is 4. The van der Waals surface area contributed by atoms with E-state index < -0.39 is 0 Å². The number of aryl methyl sites for hydroxylation is 1. The molecule has 10 heteroatoms. The Bertz CT molecular complexity index is 1200. The molecule has 5 N–H and O–H groups in total. The number of fused-ring (bicyclic) bond motifs is 1. The number of nitrogens with one attached hydrogen (secondary N) is 3. The topological polar surface area (TPSA) is 111 Å². The van der Waals surface area contributed by atoms with Gasteiger partial charge in [-0.05, 0) is 48.8 Å². The molecule has 0 aliphatic carbocycles. The van der Waals surface area contributed by atoms with Crippen LogP contribution in [0.2, 0.25) is 0 Å². The molecule has 4 rings (SSSR count). The van der Waals surface area contributed by atoms with Gasteiger partial charge < -0.3 is 31.5 Å². The summed E-state index contributed by atoms with van der Waals surface area (Å²) in [6.07, 6.45) is 0.753. The molecule has 0 atom stereocenters. The Morgan fingerprint density at radius 1 is 1.06 bits per heavy atom. The number of hydrogen-bond acceptors (Lipinski definition) is 6. The fourth-order valence-electron chi connectivity index (χ4n) is 4.20. The predicted octanol–water partition coefficient (Wildman–Crippen LogP) is 3.11. The summed E-state index contributed by atoms with van der Waals surface area (Å²) >= 11 is 5.64. The first-order chi connectivity index (χ1) is 17.0. The minimum absolute atomic E-state index is 0.232. The lowest BCUT2D eigenvalue weighted by Crippen LogP contribution is -2.51. The van der Waals surface area contributed by atoms with Gasteiger partial charge in [-0.1, -0.05) is 37.3 Å². The zero-order chi connectivity index (χ0) is 24.8. The molecule has 3 aromatic rings. The van der Waals surface area contributed by atoms with E-state index in [2.05, 4.69) is 47.9 Å². The Balaban J connectivity index is 1.50. The molecule has 1 fully saturated rings. The van der Waals surface area contributed by atoms with E-state index in [4.69, 9.17) is 18.0 Å². The highest BCUT2D eigenvalue weighted by Gasteiger charge is 2.23. The third-order valence-corrected chi connectivity index (χ3v) is 6.44. The average molecular weight is 493 g/mol. The second-order valence-corrected chi connectivity index (χ2v) is 8.78. The van der Waals surface area contributed by atoms with E-state index in [1.807, 2.05) is 44.2 Å². The van der Waals surface area contributed by atoms with Crippen LogP contribution in [0.5, 0.6) is 0 Å². The quantitative estimate of drug-likeness (QED) is 0.389. The maximum Gasteiger partial charge on any atom is 0.319 e. The van der Waals surface area contributed by atoms with Gasteiger partial charge in [0.25, 0.3) is 0 Å². The van der Waals surface area contributed by atoms with E-state index in [1.54, 1.807) is 0 Å².